The highest BCUT2D eigenvalue weighted by molar-refractivity contribution is 6.30. The molecule has 28 heavy (non-hydrogen) atoms. The van der Waals surface area contributed by atoms with Crippen molar-refractivity contribution in [2.45, 2.75) is 13.0 Å². The van der Waals surface area contributed by atoms with Crippen LogP contribution < -0.4 is 16.0 Å². The van der Waals surface area contributed by atoms with Crippen LogP contribution in [-0.2, 0) is 17.7 Å². The van der Waals surface area contributed by atoms with Crippen LogP contribution in [0.3, 0.4) is 0 Å². The lowest BCUT2D eigenvalue weighted by atomic mass is 10.1. The zero-order valence-electron chi connectivity index (χ0n) is 15.6. The van der Waals surface area contributed by atoms with Gasteiger partial charge in [-0.3, -0.25) is 4.79 Å². The normalized spacial score (nSPS) is 10.8. The zero-order chi connectivity index (χ0) is 20.1. The maximum absolute atomic E-state index is 13.1. The van der Waals surface area contributed by atoms with Crippen LogP contribution in [0.2, 0.25) is 5.02 Å². The highest BCUT2D eigenvalue weighted by Gasteiger charge is 2.17. The number of rotatable bonds is 7. The quantitative estimate of drug-likeness (QED) is 0.607. The van der Waals surface area contributed by atoms with E-state index in [1.54, 1.807) is 43.5 Å². The van der Waals surface area contributed by atoms with Crippen LogP contribution in [0.5, 0.6) is 5.88 Å². The van der Waals surface area contributed by atoms with Gasteiger partial charge in [-0.25, -0.2) is 9.36 Å². The van der Waals surface area contributed by atoms with E-state index in [9.17, 15) is 9.59 Å². The van der Waals surface area contributed by atoms with E-state index in [1.807, 2.05) is 12.1 Å². The first kappa shape index (κ1) is 19.9. The van der Waals surface area contributed by atoms with Crippen molar-refractivity contribution in [1.29, 1.82) is 0 Å². The molecule has 7 nitrogen and oxygen atoms in total. The number of halogens is 1. The second kappa shape index (κ2) is 8.86. The molecule has 1 heterocycles. The number of hydrogen-bond acceptors (Lipinski definition) is 5. The molecule has 0 saturated carbocycles. The Bertz CT molecular complexity index is 1070. The van der Waals surface area contributed by atoms with Gasteiger partial charge in [-0.2, -0.15) is 4.68 Å². The molecule has 0 aliphatic heterocycles. The van der Waals surface area contributed by atoms with Gasteiger partial charge in [0.2, 0.25) is 0 Å². The van der Waals surface area contributed by atoms with Crippen LogP contribution in [0.4, 0.5) is 0 Å². The second-order valence-corrected chi connectivity index (χ2v) is 6.53. The second-order valence-electron chi connectivity index (χ2n) is 6.09. The molecule has 8 heteroatoms. The maximum Gasteiger partial charge on any atom is 0.352 e. The Morgan fingerprint density at radius 3 is 2.43 bits per heavy atom. The maximum atomic E-state index is 13.1. The van der Waals surface area contributed by atoms with Crippen molar-refractivity contribution in [3.05, 3.63) is 85.5 Å². The summed E-state index contributed by atoms with van der Waals surface area (Å²) < 4.78 is 12.6. The predicted octanol–water partition coefficient (Wildman–Crippen LogP) is 2.29. The Morgan fingerprint density at radius 2 is 1.75 bits per heavy atom. The Hall–Kier alpha value is -2.90. The standard InChI is InChI=1S/C20H20ClN3O4/c1-27-12-11-15-5-3-4-6-17(15)24-20(26)23(19(25)18(22-24)28-2)13-14-7-9-16(21)10-8-14/h3-10H,11-13H2,1-2H3. The van der Waals surface area contributed by atoms with E-state index in [4.69, 9.17) is 21.1 Å². The van der Waals surface area contributed by atoms with Gasteiger partial charge in [-0.15, -0.1) is 5.10 Å². The van der Waals surface area contributed by atoms with Crippen LogP contribution in [0.1, 0.15) is 11.1 Å². The van der Waals surface area contributed by atoms with E-state index in [2.05, 4.69) is 5.10 Å². The molecule has 146 valence electrons. The van der Waals surface area contributed by atoms with E-state index in [0.29, 0.717) is 23.7 Å². The Labute approximate surface area is 166 Å². The predicted molar refractivity (Wildman–Crippen MR) is 107 cm³/mol. The van der Waals surface area contributed by atoms with Crippen LogP contribution in [-0.4, -0.2) is 35.2 Å². The fourth-order valence-corrected chi connectivity index (χ4v) is 2.96. The number of benzene rings is 2. The number of hydrogen-bond donors (Lipinski definition) is 0. The largest absolute Gasteiger partial charge is 0.476 e. The van der Waals surface area contributed by atoms with Crippen LogP contribution in [0.25, 0.3) is 5.69 Å². The zero-order valence-corrected chi connectivity index (χ0v) is 16.3. The molecule has 0 atom stereocenters. The minimum absolute atomic E-state index is 0.0773. The van der Waals surface area contributed by atoms with Gasteiger partial charge < -0.3 is 9.47 Å². The highest BCUT2D eigenvalue weighted by Crippen LogP contribution is 2.14. The van der Waals surface area contributed by atoms with E-state index >= 15 is 0 Å². The molecule has 0 aliphatic carbocycles. The lowest BCUT2D eigenvalue weighted by Crippen LogP contribution is -2.41. The van der Waals surface area contributed by atoms with Gasteiger partial charge >= 0.3 is 11.2 Å². The summed E-state index contributed by atoms with van der Waals surface area (Å²) in [6.45, 7) is 0.571. The van der Waals surface area contributed by atoms with Gasteiger partial charge in [-0.1, -0.05) is 41.9 Å². The first-order valence-corrected chi connectivity index (χ1v) is 9.02. The third-order valence-corrected chi connectivity index (χ3v) is 4.53. The molecule has 0 radical (unpaired) electrons. The summed E-state index contributed by atoms with van der Waals surface area (Å²) >= 11 is 5.91. The van der Waals surface area contributed by atoms with E-state index in [-0.39, 0.29) is 12.4 Å². The summed E-state index contributed by atoms with van der Waals surface area (Å²) in [5, 5.41) is 4.71. The minimum atomic E-state index is -0.590. The van der Waals surface area contributed by atoms with Crippen molar-refractivity contribution >= 4 is 11.6 Å². The summed E-state index contributed by atoms with van der Waals surface area (Å²) in [7, 11) is 2.96. The Morgan fingerprint density at radius 1 is 1.04 bits per heavy atom. The van der Waals surface area contributed by atoms with Gasteiger partial charge in [0.05, 0.1) is 25.9 Å². The third kappa shape index (κ3) is 4.16. The first-order chi connectivity index (χ1) is 13.5. The molecule has 0 N–H and O–H groups in total. The highest BCUT2D eigenvalue weighted by atomic mass is 35.5. The minimum Gasteiger partial charge on any atom is -0.476 e. The van der Waals surface area contributed by atoms with Gasteiger partial charge in [0.25, 0.3) is 5.88 Å². The average Bonchev–Trinajstić information content (AvgIpc) is 2.71. The monoisotopic (exact) mass is 401 g/mol. The van der Waals surface area contributed by atoms with Gasteiger partial charge in [0, 0.05) is 12.1 Å². The first-order valence-electron chi connectivity index (χ1n) is 8.65. The fraction of sp³-hybridized carbons (Fsp3) is 0.250. The van der Waals surface area contributed by atoms with Crippen molar-refractivity contribution in [2.75, 3.05) is 20.8 Å². The molecule has 3 aromatic rings. The molecular weight excluding hydrogens is 382 g/mol. The molecule has 0 saturated heterocycles. The molecular formula is C20H20ClN3O4. The van der Waals surface area contributed by atoms with Gasteiger partial charge in [0.15, 0.2) is 0 Å². The molecule has 0 unspecified atom stereocenters. The van der Waals surface area contributed by atoms with Crippen LogP contribution in [0.15, 0.2) is 58.1 Å². The molecule has 1 aromatic heterocycles. The molecule has 0 aliphatic rings. The Balaban J connectivity index is 2.15. The number of nitrogens with zero attached hydrogens (tertiary/aromatic N) is 3. The van der Waals surface area contributed by atoms with Crippen molar-refractivity contribution in [1.82, 2.24) is 14.3 Å². The van der Waals surface area contributed by atoms with Crippen molar-refractivity contribution in [3.8, 4) is 11.6 Å². The number of para-hydroxylation sites is 1. The van der Waals surface area contributed by atoms with Gasteiger partial charge in [0.1, 0.15) is 0 Å². The van der Waals surface area contributed by atoms with Crippen LogP contribution >= 0.6 is 11.6 Å². The topological polar surface area (TPSA) is 75.3 Å². The number of ether oxygens (including phenoxy) is 2. The van der Waals surface area contributed by atoms with Crippen molar-refractivity contribution in [2.24, 2.45) is 0 Å². The van der Waals surface area contributed by atoms with Crippen LogP contribution in [0, 0.1) is 0 Å². The molecule has 0 bridgehead atoms. The summed E-state index contributed by atoms with van der Waals surface area (Å²) in [4.78, 5) is 25.8. The molecule has 2 aromatic carbocycles. The third-order valence-electron chi connectivity index (χ3n) is 4.27. The SMILES string of the molecule is COCCc1ccccc1-n1nc(OC)c(=O)n(Cc2ccc(Cl)cc2)c1=O. The summed E-state index contributed by atoms with van der Waals surface area (Å²) in [6, 6.07) is 14.3. The van der Waals surface area contributed by atoms with Crippen molar-refractivity contribution in [3.63, 3.8) is 0 Å². The lowest BCUT2D eigenvalue weighted by Gasteiger charge is -2.14. The summed E-state index contributed by atoms with van der Waals surface area (Å²) in [6.07, 6.45) is 0.597. The molecule has 3 rings (SSSR count). The number of methoxy groups -OCH3 is 2. The molecule has 0 fully saturated rings. The van der Waals surface area contributed by atoms with E-state index in [1.165, 1.54) is 11.8 Å². The Kier molecular flexibility index (Phi) is 6.28. The molecule has 0 spiro atoms. The summed E-state index contributed by atoms with van der Waals surface area (Å²) in [5.74, 6) is -0.157. The van der Waals surface area contributed by atoms with Gasteiger partial charge in [-0.05, 0) is 35.7 Å². The fourth-order valence-electron chi connectivity index (χ4n) is 2.83. The number of aromatic nitrogens is 3. The molecule has 0 amide bonds. The van der Waals surface area contributed by atoms with E-state index in [0.717, 1.165) is 15.7 Å². The summed E-state index contributed by atoms with van der Waals surface area (Å²) in [5.41, 5.74) is 1.07. The average molecular weight is 402 g/mol. The van der Waals surface area contributed by atoms with E-state index < -0.39 is 11.2 Å². The van der Waals surface area contributed by atoms with Crippen molar-refractivity contribution < 1.29 is 9.47 Å². The lowest BCUT2D eigenvalue weighted by molar-refractivity contribution is 0.202. The smallest absolute Gasteiger partial charge is 0.352 e.